The van der Waals surface area contributed by atoms with Gasteiger partial charge in [-0.1, -0.05) is 25.7 Å². The van der Waals surface area contributed by atoms with Crippen LogP contribution in [0.3, 0.4) is 0 Å². The van der Waals surface area contributed by atoms with E-state index in [0.29, 0.717) is 26.1 Å². The maximum absolute atomic E-state index is 12.6. The molecular formula is C15H25F5O2. The Hall–Kier alpha value is -0.430. The summed E-state index contributed by atoms with van der Waals surface area (Å²) in [6.07, 6.45) is -0.578. The van der Waals surface area contributed by atoms with Gasteiger partial charge in [-0.15, -0.1) is 0 Å². The number of ether oxygens (including phenoxy) is 2. The van der Waals surface area contributed by atoms with E-state index in [1.165, 1.54) is 0 Å². The predicted octanol–water partition coefficient (Wildman–Crippen LogP) is 5.11. The average Bonchev–Trinajstić information content (AvgIpc) is 2.92. The highest BCUT2D eigenvalue weighted by Gasteiger charge is 2.56. The van der Waals surface area contributed by atoms with Crippen LogP contribution >= 0.6 is 0 Å². The van der Waals surface area contributed by atoms with Crippen LogP contribution in [0.25, 0.3) is 0 Å². The Morgan fingerprint density at radius 1 is 0.909 bits per heavy atom. The summed E-state index contributed by atoms with van der Waals surface area (Å²) < 4.78 is 71.9. The van der Waals surface area contributed by atoms with Gasteiger partial charge in [-0.25, -0.2) is 0 Å². The zero-order valence-electron chi connectivity index (χ0n) is 12.8. The molecule has 0 bridgehead atoms. The van der Waals surface area contributed by atoms with Crippen molar-refractivity contribution in [3.05, 3.63) is 0 Å². The molecule has 132 valence electrons. The van der Waals surface area contributed by atoms with Crippen molar-refractivity contribution in [1.82, 2.24) is 0 Å². The third kappa shape index (κ3) is 7.72. The number of unbranched alkanes of at least 4 members (excludes halogenated alkanes) is 5. The summed E-state index contributed by atoms with van der Waals surface area (Å²) in [4.78, 5) is 0. The molecule has 2 nitrogen and oxygen atoms in total. The minimum atomic E-state index is -5.42. The van der Waals surface area contributed by atoms with Gasteiger partial charge in [0.1, 0.15) is 0 Å². The Morgan fingerprint density at radius 3 is 2.14 bits per heavy atom. The Bertz CT molecular complexity index is 288. The van der Waals surface area contributed by atoms with Gasteiger partial charge in [0.05, 0.1) is 12.7 Å². The lowest BCUT2D eigenvalue weighted by Crippen LogP contribution is -2.36. The summed E-state index contributed by atoms with van der Waals surface area (Å²) in [5.74, 6) is -4.55. The van der Waals surface area contributed by atoms with Gasteiger partial charge < -0.3 is 9.47 Å². The Kier molecular flexibility index (Phi) is 8.61. The topological polar surface area (TPSA) is 18.5 Å². The minimum Gasteiger partial charge on any atom is -0.379 e. The van der Waals surface area contributed by atoms with E-state index in [1.807, 2.05) is 0 Å². The van der Waals surface area contributed by atoms with Crippen molar-refractivity contribution in [2.75, 3.05) is 19.8 Å². The van der Waals surface area contributed by atoms with Gasteiger partial charge in [0.25, 0.3) is 0 Å². The number of alkyl halides is 5. The van der Waals surface area contributed by atoms with E-state index in [-0.39, 0.29) is 12.5 Å². The molecule has 1 fully saturated rings. The van der Waals surface area contributed by atoms with Crippen molar-refractivity contribution >= 4 is 0 Å². The van der Waals surface area contributed by atoms with E-state index < -0.39 is 18.5 Å². The molecule has 0 aromatic carbocycles. The van der Waals surface area contributed by atoms with Gasteiger partial charge in [-0.3, -0.25) is 0 Å². The first-order valence-corrected chi connectivity index (χ1v) is 7.97. The molecule has 0 spiro atoms. The quantitative estimate of drug-likeness (QED) is 0.387. The molecule has 0 saturated carbocycles. The highest BCUT2D eigenvalue weighted by Crippen LogP contribution is 2.39. The minimum absolute atomic E-state index is 0.0952. The standard InChI is InChI=1S/C15H25F5O2/c16-14(17,15(18,19)20)9-5-3-1-2-4-6-10-21-12-13-8-7-11-22-13/h13H,1-12H2. The molecular weight excluding hydrogens is 307 g/mol. The molecule has 0 N–H and O–H groups in total. The molecule has 1 saturated heterocycles. The van der Waals surface area contributed by atoms with Crippen molar-refractivity contribution in [3.63, 3.8) is 0 Å². The van der Waals surface area contributed by atoms with E-state index in [9.17, 15) is 22.0 Å². The first-order valence-electron chi connectivity index (χ1n) is 7.97. The van der Waals surface area contributed by atoms with Gasteiger partial charge in [0, 0.05) is 19.6 Å². The van der Waals surface area contributed by atoms with Crippen molar-refractivity contribution in [3.8, 4) is 0 Å². The lowest BCUT2D eigenvalue weighted by molar-refractivity contribution is -0.284. The van der Waals surface area contributed by atoms with Crippen LogP contribution in [-0.2, 0) is 9.47 Å². The van der Waals surface area contributed by atoms with E-state index in [0.717, 1.165) is 38.7 Å². The SMILES string of the molecule is FC(F)(F)C(F)(F)CCCCCCCCOCC1CCCO1. The monoisotopic (exact) mass is 332 g/mol. The molecule has 1 aliphatic heterocycles. The maximum atomic E-state index is 12.6. The second kappa shape index (κ2) is 9.65. The van der Waals surface area contributed by atoms with E-state index in [4.69, 9.17) is 9.47 Å². The first-order chi connectivity index (χ1) is 10.3. The molecule has 7 heteroatoms. The van der Waals surface area contributed by atoms with Crippen LogP contribution in [0.4, 0.5) is 22.0 Å². The maximum Gasteiger partial charge on any atom is 0.453 e. The van der Waals surface area contributed by atoms with Gasteiger partial charge in [-0.05, 0) is 25.7 Å². The van der Waals surface area contributed by atoms with Gasteiger partial charge >= 0.3 is 12.1 Å². The van der Waals surface area contributed by atoms with Crippen LogP contribution < -0.4 is 0 Å². The van der Waals surface area contributed by atoms with Crippen molar-refractivity contribution in [1.29, 1.82) is 0 Å². The summed E-state index contributed by atoms with van der Waals surface area (Å²) >= 11 is 0. The number of hydrogen-bond donors (Lipinski definition) is 0. The Balaban J connectivity index is 1.85. The van der Waals surface area contributed by atoms with Gasteiger partial charge in [0.15, 0.2) is 0 Å². The van der Waals surface area contributed by atoms with Crippen molar-refractivity contribution in [2.24, 2.45) is 0 Å². The number of halogens is 5. The molecule has 0 radical (unpaired) electrons. The van der Waals surface area contributed by atoms with E-state index >= 15 is 0 Å². The number of hydrogen-bond acceptors (Lipinski definition) is 2. The molecule has 22 heavy (non-hydrogen) atoms. The lowest BCUT2D eigenvalue weighted by atomic mass is 10.1. The molecule has 1 heterocycles. The normalized spacial score (nSPS) is 19.8. The molecule has 0 aromatic heterocycles. The second-order valence-corrected chi connectivity index (χ2v) is 5.78. The molecule has 1 rings (SSSR count). The van der Waals surface area contributed by atoms with Gasteiger partial charge in [-0.2, -0.15) is 22.0 Å². The third-order valence-electron chi connectivity index (χ3n) is 3.77. The highest BCUT2D eigenvalue weighted by atomic mass is 19.4. The molecule has 0 aromatic rings. The Morgan fingerprint density at radius 2 is 1.55 bits per heavy atom. The molecule has 1 atom stereocenters. The summed E-state index contributed by atoms with van der Waals surface area (Å²) in [6.45, 7) is 2.07. The molecule has 1 aliphatic rings. The molecule has 1 unspecified atom stereocenters. The summed E-state index contributed by atoms with van der Waals surface area (Å²) in [5.41, 5.74) is 0. The van der Waals surface area contributed by atoms with Crippen LogP contribution in [0, 0.1) is 0 Å². The smallest absolute Gasteiger partial charge is 0.379 e. The van der Waals surface area contributed by atoms with Crippen molar-refractivity contribution in [2.45, 2.75) is 76.0 Å². The second-order valence-electron chi connectivity index (χ2n) is 5.78. The highest BCUT2D eigenvalue weighted by molar-refractivity contribution is 4.75. The molecule has 0 amide bonds. The fraction of sp³-hybridized carbons (Fsp3) is 1.00. The summed E-state index contributed by atoms with van der Waals surface area (Å²) in [6, 6.07) is 0. The lowest BCUT2D eigenvalue weighted by Gasteiger charge is -2.19. The summed E-state index contributed by atoms with van der Waals surface area (Å²) in [5, 5.41) is 0. The van der Waals surface area contributed by atoms with Crippen LogP contribution in [-0.4, -0.2) is 38.0 Å². The number of rotatable bonds is 11. The summed E-state index contributed by atoms with van der Waals surface area (Å²) in [7, 11) is 0. The van der Waals surface area contributed by atoms with Crippen molar-refractivity contribution < 1.29 is 31.4 Å². The van der Waals surface area contributed by atoms with E-state index in [2.05, 4.69) is 0 Å². The molecule has 0 aliphatic carbocycles. The third-order valence-corrected chi connectivity index (χ3v) is 3.77. The average molecular weight is 332 g/mol. The fourth-order valence-electron chi connectivity index (χ4n) is 2.39. The van der Waals surface area contributed by atoms with Crippen LogP contribution in [0.5, 0.6) is 0 Å². The fourth-order valence-corrected chi connectivity index (χ4v) is 2.39. The van der Waals surface area contributed by atoms with Crippen LogP contribution in [0.15, 0.2) is 0 Å². The largest absolute Gasteiger partial charge is 0.453 e. The van der Waals surface area contributed by atoms with Gasteiger partial charge in [0.2, 0.25) is 0 Å². The first kappa shape index (κ1) is 19.6. The van der Waals surface area contributed by atoms with E-state index in [1.54, 1.807) is 0 Å². The van der Waals surface area contributed by atoms with Crippen LogP contribution in [0.1, 0.15) is 57.8 Å². The van der Waals surface area contributed by atoms with Crippen LogP contribution in [0.2, 0.25) is 0 Å². The zero-order chi connectivity index (χ0) is 16.5. The Labute approximate surface area is 128 Å². The predicted molar refractivity (Wildman–Crippen MR) is 73.1 cm³/mol. The zero-order valence-corrected chi connectivity index (χ0v) is 12.8.